The van der Waals surface area contributed by atoms with Gasteiger partial charge in [-0.3, -0.25) is 10.1 Å². The summed E-state index contributed by atoms with van der Waals surface area (Å²) < 4.78 is 4.88. The van der Waals surface area contributed by atoms with Crippen molar-refractivity contribution in [3.63, 3.8) is 0 Å². The number of ether oxygens (including phenoxy) is 1. The molecule has 0 unspecified atom stereocenters. The zero-order valence-corrected chi connectivity index (χ0v) is 7.88. The standard InChI is InChI=1S/C7H5Cl2NO3/c8-4-13-5-1-2-7(10(11)12)6(9)3-5/h1-3H,4H2. The number of alkyl halides is 1. The molecule has 13 heavy (non-hydrogen) atoms. The van der Waals surface area contributed by atoms with Crippen LogP contribution in [0.25, 0.3) is 0 Å². The lowest BCUT2D eigenvalue weighted by Crippen LogP contribution is -1.92. The van der Waals surface area contributed by atoms with Crippen LogP contribution in [0.2, 0.25) is 5.02 Å². The van der Waals surface area contributed by atoms with Crippen molar-refractivity contribution in [2.75, 3.05) is 6.07 Å². The van der Waals surface area contributed by atoms with E-state index < -0.39 is 4.92 Å². The maximum absolute atomic E-state index is 10.3. The van der Waals surface area contributed by atoms with E-state index >= 15 is 0 Å². The lowest BCUT2D eigenvalue weighted by atomic mass is 10.3. The van der Waals surface area contributed by atoms with Crippen LogP contribution < -0.4 is 4.74 Å². The predicted octanol–water partition coefficient (Wildman–Crippen LogP) is 2.82. The minimum absolute atomic E-state index is 0.0197. The van der Waals surface area contributed by atoms with Gasteiger partial charge in [-0.2, -0.15) is 0 Å². The van der Waals surface area contributed by atoms with Gasteiger partial charge >= 0.3 is 0 Å². The Morgan fingerprint density at radius 3 is 2.69 bits per heavy atom. The molecule has 0 aromatic heterocycles. The predicted molar refractivity (Wildman–Crippen MR) is 49.5 cm³/mol. The number of hydrogen-bond acceptors (Lipinski definition) is 3. The number of nitrogens with zero attached hydrogens (tertiary/aromatic N) is 1. The highest BCUT2D eigenvalue weighted by molar-refractivity contribution is 6.32. The van der Waals surface area contributed by atoms with Crippen LogP contribution in [0.15, 0.2) is 18.2 Å². The summed E-state index contributed by atoms with van der Waals surface area (Å²) in [5.41, 5.74) is -0.149. The SMILES string of the molecule is O=[N+]([O-])c1ccc(OCCl)cc1Cl. The van der Waals surface area contributed by atoms with Crippen LogP contribution in [0, 0.1) is 10.1 Å². The summed E-state index contributed by atoms with van der Waals surface area (Å²) >= 11 is 10.9. The van der Waals surface area contributed by atoms with Crippen molar-refractivity contribution in [2.45, 2.75) is 0 Å². The van der Waals surface area contributed by atoms with E-state index in [0.717, 1.165) is 0 Å². The van der Waals surface area contributed by atoms with Gasteiger partial charge in [0.25, 0.3) is 5.69 Å². The van der Waals surface area contributed by atoms with Crippen LogP contribution >= 0.6 is 23.2 Å². The van der Waals surface area contributed by atoms with E-state index in [-0.39, 0.29) is 16.8 Å². The minimum atomic E-state index is -0.563. The third kappa shape index (κ3) is 2.47. The molecule has 0 fully saturated rings. The fraction of sp³-hybridized carbons (Fsp3) is 0.143. The van der Waals surface area contributed by atoms with Gasteiger partial charge < -0.3 is 4.74 Å². The van der Waals surface area contributed by atoms with E-state index in [1.807, 2.05) is 0 Å². The van der Waals surface area contributed by atoms with Crippen molar-refractivity contribution >= 4 is 28.9 Å². The van der Waals surface area contributed by atoms with Crippen LogP contribution in [-0.2, 0) is 0 Å². The quantitative estimate of drug-likeness (QED) is 0.448. The molecule has 1 aromatic carbocycles. The molecule has 0 bridgehead atoms. The van der Waals surface area contributed by atoms with E-state index in [4.69, 9.17) is 27.9 Å². The maximum atomic E-state index is 10.3. The maximum Gasteiger partial charge on any atom is 0.288 e. The monoisotopic (exact) mass is 221 g/mol. The Kier molecular flexibility index (Phi) is 3.33. The van der Waals surface area contributed by atoms with Gasteiger partial charge in [0.1, 0.15) is 10.8 Å². The number of benzene rings is 1. The Hall–Kier alpha value is -1.00. The molecule has 4 nitrogen and oxygen atoms in total. The molecular formula is C7H5Cl2NO3. The van der Waals surface area contributed by atoms with Gasteiger partial charge in [0, 0.05) is 12.1 Å². The molecule has 6 heteroatoms. The lowest BCUT2D eigenvalue weighted by Gasteiger charge is -2.01. The summed E-state index contributed by atoms with van der Waals surface area (Å²) in [4.78, 5) is 9.78. The fourth-order valence-electron chi connectivity index (χ4n) is 0.788. The molecule has 0 aliphatic carbocycles. The van der Waals surface area contributed by atoms with Crippen molar-refractivity contribution in [2.24, 2.45) is 0 Å². The van der Waals surface area contributed by atoms with Crippen molar-refractivity contribution in [3.8, 4) is 5.75 Å². The van der Waals surface area contributed by atoms with Gasteiger partial charge in [0.15, 0.2) is 6.07 Å². The first-order valence-corrected chi connectivity index (χ1v) is 4.19. The summed E-state index contributed by atoms with van der Waals surface area (Å²) in [5, 5.41) is 10.4. The smallest absolute Gasteiger partial charge is 0.288 e. The molecule has 0 amide bonds. The van der Waals surface area contributed by atoms with E-state index in [2.05, 4.69) is 0 Å². The molecule has 0 saturated heterocycles. The van der Waals surface area contributed by atoms with Crippen LogP contribution in [0.4, 0.5) is 5.69 Å². The van der Waals surface area contributed by atoms with Crippen LogP contribution in [0.5, 0.6) is 5.75 Å². The van der Waals surface area contributed by atoms with Crippen molar-refractivity contribution in [3.05, 3.63) is 33.3 Å². The summed E-state index contributed by atoms with van der Waals surface area (Å²) in [6.45, 7) is 0. The summed E-state index contributed by atoms with van der Waals surface area (Å²) in [7, 11) is 0. The number of halogens is 2. The highest BCUT2D eigenvalue weighted by Gasteiger charge is 2.11. The molecule has 0 radical (unpaired) electrons. The molecule has 1 rings (SSSR count). The van der Waals surface area contributed by atoms with Crippen LogP contribution in [0.1, 0.15) is 0 Å². The van der Waals surface area contributed by atoms with Gasteiger partial charge in [0.2, 0.25) is 0 Å². The van der Waals surface area contributed by atoms with E-state index in [1.165, 1.54) is 18.2 Å². The molecule has 0 atom stereocenters. The highest BCUT2D eigenvalue weighted by Crippen LogP contribution is 2.28. The van der Waals surface area contributed by atoms with Gasteiger partial charge in [-0.25, -0.2) is 0 Å². The van der Waals surface area contributed by atoms with Crippen molar-refractivity contribution in [1.29, 1.82) is 0 Å². The normalized spacial score (nSPS) is 9.69. The Balaban J connectivity index is 2.98. The largest absolute Gasteiger partial charge is 0.478 e. The van der Waals surface area contributed by atoms with Gasteiger partial charge in [-0.1, -0.05) is 23.2 Å². The zero-order valence-electron chi connectivity index (χ0n) is 6.37. The van der Waals surface area contributed by atoms with E-state index in [1.54, 1.807) is 0 Å². The molecule has 0 saturated carbocycles. The molecule has 0 N–H and O–H groups in total. The fourth-order valence-corrected chi connectivity index (χ4v) is 1.15. The molecular weight excluding hydrogens is 217 g/mol. The van der Waals surface area contributed by atoms with Crippen molar-refractivity contribution in [1.82, 2.24) is 0 Å². The number of rotatable bonds is 3. The average molecular weight is 222 g/mol. The van der Waals surface area contributed by atoms with E-state index in [0.29, 0.717) is 5.75 Å². The summed E-state index contributed by atoms with van der Waals surface area (Å²) in [6, 6.07) is 4.03. The number of nitro groups is 1. The zero-order chi connectivity index (χ0) is 9.84. The Bertz CT molecular complexity index is 330. The molecule has 0 aliphatic rings. The second-order valence-corrected chi connectivity index (χ2v) is 2.75. The Morgan fingerprint density at radius 1 is 1.54 bits per heavy atom. The summed E-state index contributed by atoms with van der Waals surface area (Å²) in [5.74, 6) is 0.408. The average Bonchev–Trinajstić information content (AvgIpc) is 2.04. The molecule has 70 valence electrons. The first-order chi connectivity index (χ1) is 6.15. The Morgan fingerprint density at radius 2 is 2.23 bits per heavy atom. The van der Waals surface area contributed by atoms with Gasteiger partial charge in [0.05, 0.1) is 4.92 Å². The second kappa shape index (κ2) is 4.30. The molecule has 1 aromatic rings. The summed E-state index contributed by atoms with van der Waals surface area (Å²) in [6.07, 6.45) is 0. The van der Waals surface area contributed by atoms with Crippen LogP contribution in [-0.4, -0.2) is 11.0 Å². The van der Waals surface area contributed by atoms with Gasteiger partial charge in [-0.15, -0.1) is 0 Å². The number of hydrogen-bond donors (Lipinski definition) is 0. The molecule has 0 aliphatic heterocycles. The molecule has 0 heterocycles. The van der Waals surface area contributed by atoms with Gasteiger partial charge in [-0.05, 0) is 6.07 Å². The first kappa shape index (κ1) is 10.1. The topological polar surface area (TPSA) is 52.4 Å². The molecule has 0 spiro atoms. The highest BCUT2D eigenvalue weighted by atomic mass is 35.5. The third-order valence-electron chi connectivity index (χ3n) is 1.34. The van der Waals surface area contributed by atoms with Crippen molar-refractivity contribution < 1.29 is 9.66 Å². The van der Waals surface area contributed by atoms with Crippen LogP contribution in [0.3, 0.4) is 0 Å². The minimum Gasteiger partial charge on any atom is -0.478 e. The first-order valence-electron chi connectivity index (χ1n) is 3.28. The Labute approximate surface area is 84.2 Å². The number of nitro benzene ring substituents is 1. The second-order valence-electron chi connectivity index (χ2n) is 2.12. The lowest BCUT2D eigenvalue weighted by molar-refractivity contribution is -0.384. The third-order valence-corrected chi connectivity index (χ3v) is 1.75. The van der Waals surface area contributed by atoms with E-state index in [9.17, 15) is 10.1 Å².